The number of H-pyrrole nitrogens is 1. The number of rotatable bonds is 0. The smallest absolute Gasteiger partial charge is 0.0892 e. The van der Waals surface area contributed by atoms with Gasteiger partial charge in [-0.2, -0.15) is 0 Å². The van der Waals surface area contributed by atoms with Gasteiger partial charge in [-0.1, -0.05) is 23.4 Å². The lowest BCUT2D eigenvalue weighted by Crippen LogP contribution is -2.10. The topological polar surface area (TPSA) is 48.4 Å². The molecule has 2 N–H and O–H groups in total. The molecule has 1 aliphatic carbocycles. The van der Waals surface area contributed by atoms with Gasteiger partial charge >= 0.3 is 0 Å². The summed E-state index contributed by atoms with van der Waals surface area (Å²) in [6.45, 7) is 0. The van der Waals surface area contributed by atoms with Crippen LogP contribution in [-0.2, 0) is 6.42 Å². The average Bonchev–Trinajstić information content (AvgIpc) is 2.67. The summed E-state index contributed by atoms with van der Waals surface area (Å²) in [4.78, 5) is 3.39. The summed E-state index contributed by atoms with van der Waals surface area (Å²) in [5, 5.41) is 13.6. The van der Waals surface area contributed by atoms with Crippen LogP contribution in [0, 0.1) is 0 Å². The number of benzene rings is 1. The lowest BCUT2D eigenvalue weighted by Gasteiger charge is -2.12. The molecule has 15 heavy (non-hydrogen) atoms. The number of aryl methyl sites for hydroxylation is 1. The second kappa shape index (κ2) is 3.12. The summed E-state index contributed by atoms with van der Waals surface area (Å²) in [6.07, 6.45) is 2.97. The molecule has 0 aliphatic heterocycles. The van der Waals surface area contributed by atoms with Crippen molar-refractivity contribution in [2.75, 3.05) is 0 Å². The van der Waals surface area contributed by atoms with E-state index in [1.165, 1.54) is 11.1 Å². The molecule has 0 saturated heterocycles. The predicted octanol–water partition coefficient (Wildman–Crippen LogP) is 2.68. The largest absolute Gasteiger partial charge is 0.411 e. The zero-order chi connectivity index (χ0) is 10.3. The van der Waals surface area contributed by atoms with Crippen LogP contribution in [0.3, 0.4) is 0 Å². The Kier molecular flexibility index (Phi) is 1.78. The molecule has 1 aromatic carbocycles. The highest BCUT2D eigenvalue weighted by Gasteiger charge is 2.20. The zero-order valence-corrected chi connectivity index (χ0v) is 8.33. The van der Waals surface area contributed by atoms with E-state index >= 15 is 0 Å². The third-order valence-electron chi connectivity index (χ3n) is 3.03. The first kappa shape index (κ1) is 8.53. The van der Waals surface area contributed by atoms with Crippen LogP contribution >= 0.6 is 0 Å². The maximum atomic E-state index is 8.99. The number of hydrogen-bond acceptors (Lipinski definition) is 2. The number of nitrogens with one attached hydrogen (secondary N) is 1. The minimum absolute atomic E-state index is 0.814. The van der Waals surface area contributed by atoms with Crippen LogP contribution < -0.4 is 0 Å². The highest BCUT2D eigenvalue weighted by molar-refractivity contribution is 6.12. The summed E-state index contributed by atoms with van der Waals surface area (Å²) >= 11 is 0. The Labute approximate surface area is 87.4 Å². The molecular weight excluding hydrogens is 188 g/mol. The van der Waals surface area contributed by atoms with Crippen molar-refractivity contribution in [3.63, 3.8) is 0 Å². The molecule has 2 aromatic rings. The SMILES string of the molecule is O/N=C1\CCCc2[nH]c3ccccc3c21. The summed E-state index contributed by atoms with van der Waals surface area (Å²) in [7, 11) is 0. The lowest BCUT2D eigenvalue weighted by atomic mass is 9.94. The molecule has 0 atom stereocenters. The Morgan fingerprint density at radius 1 is 1.20 bits per heavy atom. The Hall–Kier alpha value is -1.77. The molecule has 1 aromatic heterocycles. The van der Waals surface area contributed by atoms with E-state index in [1.807, 2.05) is 12.1 Å². The predicted molar refractivity (Wildman–Crippen MR) is 59.6 cm³/mol. The van der Waals surface area contributed by atoms with Gasteiger partial charge < -0.3 is 10.2 Å². The first-order valence-corrected chi connectivity index (χ1v) is 5.21. The van der Waals surface area contributed by atoms with Gasteiger partial charge in [-0.3, -0.25) is 0 Å². The molecular formula is C12H12N2O. The second-order valence-electron chi connectivity index (χ2n) is 3.92. The molecule has 0 spiro atoms. The highest BCUT2D eigenvalue weighted by atomic mass is 16.4. The van der Waals surface area contributed by atoms with Gasteiger partial charge in [-0.05, 0) is 25.3 Å². The van der Waals surface area contributed by atoms with Gasteiger partial charge in [-0.25, -0.2) is 0 Å². The molecule has 0 fully saturated rings. The maximum absolute atomic E-state index is 8.99. The molecule has 3 nitrogen and oxygen atoms in total. The van der Waals surface area contributed by atoms with Crippen molar-refractivity contribution in [3.05, 3.63) is 35.5 Å². The van der Waals surface area contributed by atoms with E-state index in [0.29, 0.717) is 0 Å². The molecule has 0 amide bonds. The Bertz CT molecular complexity index is 540. The minimum atomic E-state index is 0.814. The summed E-state index contributed by atoms with van der Waals surface area (Å²) in [6, 6.07) is 8.16. The third kappa shape index (κ3) is 1.16. The van der Waals surface area contributed by atoms with Crippen LogP contribution in [-0.4, -0.2) is 15.9 Å². The maximum Gasteiger partial charge on any atom is 0.0892 e. The zero-order valence-electron chi connectivity index (χ0n) is 8.33. The Morgan fingerprint density at radius 3 is 2.93 bits per heavy atom. The van der Waals surface area contributed by atoms with Gasteiger partial charge in [0.15, 0.2) is 0 Å². The van der Waals surface area contributed by atoms with Crippen LogP contribution in [0.4, 0.5) is 0 Å². The fourth-order valence-electron chi connectivity index (χ4n) is 2.37. The number of aromatic nitrogens is 1. The minimum Gasteiger partial charge on any atom is -0.411 e. The van der Waals surface area contributed by atoms with Gasteiger partial charge in [0.1, 0.15) is 0 Å². The van der Waals surface area contributed by atoms with Gasteiger partial charge in [0.2, 0.25) is 0 Å². The van der Waals surface area contributed by atoms with Crippen molar-refractivity contribution < 1.29 is 5.21 Å². The van der Waals surface area contributed by atoms with E-state index in [1.54, 1.807) is 0 Å². The van der Waals surface area contributed by atoms with E-state index in [-0.39, 0.29) is 0 Å². The molecule has 3 heteroatoms. The van der Waals surface area contributed by atoms with Crippen LogP contribution in [0.5, 0.6) is 0 Å². The second-order valence-corrected chi connectivity index (χ2v) is 3.92. The number of hydrogen-bond donors (Lipinski definition) is 2. The molecule has 0 unspecified atom stereocenters. The quantitative estimate of drug-likeness (QED) is 0.498. The first-order chi connectivity index (χ1) is 7.40. The molecule has 3 rings (SSSR count). The molecule has 0 bridgehead atoms. The lowest BCUT2D eigenvalue weighted by molar-refractivity contribution is 0.317. The van der Waals surface area contributed by atoms with Crippen molar-refractivity contribution in [1.82, 2.24) is 4.98 Å². The van der Waals surface area contributed by atoms with Crippen LogP contribution in [0.1, 0.15) is 24.1 Å². The van der Waals surface area contributed by atoms with E-state index in [0.717, 1.165) is 36.1 Å². The number of aromatic amines is 1. The Balaban J connectivity index is 2.37. The fraction of sp³-hybridized carbons (Fsp3) is 0.250. The van der Waals surface area contributed by atoms with Crippen molar-refractivity contribution in [1.29, 1.82) is 0 Å². The van der Waals surface area contributed by atoms with Crippen molar-refractivity contribution in [2.45, 2.75) is 19.3 Å². The van der Waals surface area contributed by atoms with E-state index in [9.17, 15) is 0 Å². The standard InChI is InChI=1S/C12H12N2O/c15-14-11-7-3-6-10-12(11)8-4-1-2-5-9(8)13-10/h1-2,4-5,13,15H,3,6-7H2/b14-11+. The third-order valence-corrected chi connectivity index (χ3v) is 3.03. The van der Waals surface area contributed by atoms with Crippen LogP contribution in [0.25, 0.3) is 10.9 Å². The van der Waals surface area contributed by atoms with E-state index in [4.69, 9.17) is 5.21 Å². The molecule has 0 saturated carbocycles. The number of fused-ring (bicyclic) bond motifs is 3. The van der Waals surface area contributed by atoms with Crippen molar-refractivity contribution in [3.8, 4) is 0 Å². The average molecular weight is 200 g/mol. The van der Waals surface area contributed by atoms with E-state index in [2.05, 4.69) is 22.3 Å². The van der Waals surface area contributed by atoms with Crippen LogP contribution in [0.2, 0.25) is 0 Å². The number of para-hydroxylation sites is 1. The molecule has 1 aliphatic rings. The number of nitrogens with zero attached hydrogens (tertiary/aromatic N) is 1. The van der Waals surface area contributed by atoms with Crippen molar-refractivity contribution >= 4 is 16.6 Å². The Morgan fingerprint density at radius 2 is 2.07 bits per heavy atom. The monoisotopic (exact) mass is 200 g/mol. The molecule has 0 radical (unpaired) electrons. The van der Waals surface area contributed by atoms with Gasteiger partial charge in [0.05, 0.1) is 5.71 Å². The van der Waals surface area contributed by atoms with Crippen molar-refractivity contribution in [2.24, 2.45) is 5.16 Å². The summed E-state index contributed by atoms with van der Waals surface area (Å²) in [5.74, 6) is 0. The first-order valence-electron chi connectivity index (χ1n) is 5.21. The van der Waals surface area contributed by atoms with Crippen LogP contribution in [0.15, 0.2) is 29.4 Å². The molecule has 1 heterocycles. The van der Waals surface area contributed by atoms with Gasteiger partial charge in [-0.15, -0.1) is 0 Å². The number of oxime groups is 1. The highest BCUT2D eigenvalue weighted by Crippen LogP contribution is 2.29. The van der Waals surface area contributed by atoms with Gasteiger partial charge in [0, 0.05) is 22.2 Å². The summed E-state index contributed by atoms with van der Waals surface area (Å²) < 4.78 is 0. The van der Waals surface area contributed by atoms with Gasteiger partial charge in [0.25, 0.3) is 0 Å². The molecule has 76 valence electrons. The fourth-order valence-corrected chi connectivity index (χ4v) is 2.37. The summed E-state index contributed by atoms with van der Waals surface area (Å²) in [5.41, 5.74) is 4.26. The van der Waals surface area contributed by atoms with E-state index < -0.39 is 0 Å². The normalized spacial score (nSPS) is 18.3.